The Morgan fingerprint density at radius 3 is 1.05 bits per heavy atom. The summed E-state index contributed by atoms with van der Waals surface area (Å²) in [5.41, 5.74) is 18.7. The molecule has 6 rings (SSSR count). The Balaban J connectivity index is 1.13. The Hall–Kier alpha value is -6.81. The number of carbonyl (C=O) groups is 9. The number of rotatable bonds is 28. The molecule has 22 nitrogen and oxygen atoms in total. The molecule has 16 N–H and O–H groups in total. The number of phenols is 2. The van der Waals surface area contributed by atoms with Crippen molar-refractivity contribution in [1.29, 1.82) is 0 Å². The van der Waals surface area contributed by atoms with E-state index < -0.39 is 107 Å². The molecule has 0 aromatic heterocycles. The lowest BCUT2D eigenvalue weighted by molar-refractivity contribution is -0.136. The van der Waals surface area contributed by atoms with Crippen molar-refractivity contribution in [3.63, 3.8) is 0 Å². The predicted octanol–water partition coefficient (Wildman–Crippen LogP) is 2.29. The molecule has 12 atom stereocenters. The number of unbranched alkanes of at least 4 members (excludes halogenated alkanes) is 2. The van der Waals surface area contributed by atoms with Gasteiger partial charge in [0, 0.05) is 43.9 Å². The van der Waals surface area contributed by atoms with Crippen LogP contribution in [-0.4, -0.2) is 125 Å². The Bertz CT molecular complexity index is 2460. The number of phenolic OH excluding ortho intramolecular Hbond substituents is 2. The first kappa shape index (κ1) is 64.4. The van der Waals surface area contributed by atoms with Crippen molar-refractivity contribution in [3.05, 3.63) is 59.7 Å². The van der Waals surface area contributed by atoms with Crippen LogP contribution in [-0.2, 0) is 56.0 Å². The molecule has 4 aliphatic rings. The van der Waals surface area contributed by atoms with Crippen LogP contribution in [0.3, 0.4) is 0 Å². The Labute approximate surface area is 481 Å². The summed E-state index contributed by atoms with van der Waals surface area (Å²) in [6.45, 7) is 2.19. The van der Waals surface area contributed by atoms with Crippen LogP contribution in [0.15, 0.2) is 48.5 Å². The zero-order valence-corrected chi connectivity index (χ0v) is 47.7. The number of nitrogens with one attached hydrogen (secondary N) is 8. The molecule has 8 unspecified atom stereocenters. The highest BCUT2D eigenvalue weighted by Crippen LogP contribution is 2.30. The van der Waals surface area contributed by atoms with Gasteiger partial charge in [0.25, 0.3) is 0 Å². The van der Waals surface area contributed by atoms with E-state index in [0.29, 0.717) is 127 Å². The molecule has 82 heavy (non-hydrogen) atoms. The molecule has 0 saturated heterocycles. The monoisotopic (exact) mass is 1140 g/mol. The first-order chi connectivity index (χ1) is 39.4. The molecule has 0 bridgehead atoms. The number of carbonyl (C=O) groups excluding carboxylic acids is 9. The fraction of sp³-hybridized carbons (Fsp3) is 0.650. The third-order valence-corrected chi connectivity index (χ3v) is 17.0. The molecule has 0 aliphatic heterocycles. The summed E-state index contributed by atoms with van der Waals surface area (Å²) in [5.74, 6) is -6.61. The van der Waals surface area contributed by atoms with Gasteiger partial charge >= 0.3 is 0 Å². The molecule has 4 aliphatic carbocycles. The van der Waals surface area contributed by atoms with Crippen molar-refractivity contribution >= 4 is 53.2 Å². The first-order valence-electron chi connectivity index (χ1n) is 30.1. The van der Waals surface area contributed by atoms with Crippen LogP contribution >= 0.6 is 0 Å². The highest BCUT2D eigenvalue weighted by atomic mass is 16.3. The van der Waals surface area contributed by atoms with Crippen molar-refractivity contribution in [2.24, 2.45) is 40.9 Å². The van der Waals surface area contributed by atoms with Crippen molar-refractivity contribution in [2.45, 2.75) is 209 Å². The molecule has 4 fully saturated rings. The fourth-order valence-electron chi connectivity index (χ4n) is 12.4. The van der Waals surface area contributed by atoms with Crippen LogP contribution in [0.25, 0.3) is 0 Å². The van der Waals surface area contributed by atoms with Gasteiger partial charge in [0.15, 0.2) is 0 Å². The largest absolute Gasteiger partial charge is 0.508 e. The van der Waals surface area contributed by atoms with E-state index in [9.17, 15) is 53.4 Å². The van der Waals surface area contributed by atoms with Crippen molar-refractivity contribution in [3.8, 4) is 11.5 Å². The van der Waals surface area contributed by atoms with Crippen LogP contribution < -0.4 is 59.7 Å². The van der Waals surface area contributed by atoms with Crippen molar-refractivity contribution < 1.29 is 53.4 Å². The van der Waals surface area contributed by atoms with E-state index in [1.165, 1.54) is 31.2 Å². The summed E-state index contributed by atoms with van der Waals surface area (Å²) in [7, 11) is 0. The SMILES string of the molecule is CC(=O)NC1CCCC[C@@H]1C(=O)NC(CCCCN)C(=O)NC1CCCC[C@@H]1C(=O)NC(Cc1ccc(O)cc1)C(=O)NC1CCCC[C@@H]1C(=O)NC(CCCCN)C(=O)NC1CCCC[C@@H]1C(=O)NC(Cc1ccc(O)cc1)C(N)=O. The molecular weight excluding hydrogens is 1050 g/mol. The molecule has 9 amide bonds. The summed E-state index contributed by atoms with van der Waals surface area (Å²) in [6.07, 6.45) is 12.9. The zero-order valence-electron chi connectivity index (χ0n) is 47.7. The lowest BCUT2D eigenvalue weighted by Gasteiger charge is -2.36. The van der Waals surface area contributed by atoms with Gasteiger partial charge in [-0.3, -0.25) is 43.2 Å². The van der Waals surface area contributed by atoms with E-state index in [0.717, 1.165) is 32.1 Å². The number of hydrogen-bond donors (Lipinski definition) is 13. The van der Waals surface area contributed by atoms with E-state index in [4.69, 9.17) is 17.2 Å². The molecule has 0 heterocycles. The van der Waals surface area contributed by atoms with Crippen molar-refractivity contribution in [1.82, 2.24) is 42.5 Å². The number of nitrogens with two attached hydrogens (primary N) is 3. The van der Waals surface area contributed by atoms with Gasteiger partial charge in [0.1, 0.15) is 35.7 Å². The standard InChI is InChI=1S/C60H91N11O11/c1-36(72)64-45-18-6-2-14-41(45)54(76)68-49(22-10-12-32-61)58(80)66-47-20-8-5-17-44(47)57(79)71-52(35-38-26-30-40(74)31-27-38)60(82)67-48-21-9-3-15-42(48)55(77)69-50(23-11-13-33-62)59(81)65-46-19-7-4-16-43(46)56(78)70-51(53(63)75)34-37-24-28-39(73)29-25-37/h24-31,41-52,73-74H,2-23,32-35,61-62H2,1H3,(H2,63,75)(H,64,72)(H,65,81)(H,66,80)(H,67,82)(H,68,76)(H,69,77)(H,70,78)(H,71,79)/t41-,42-,43-,44-,45?,46?,47?,48?,49?,50?,51?,52?/m0/s1. The molecule has 2 aromatic rings. The van der Waals surface area contributed by atoms with E-state index in [1.54, 1.807) is 24.3 Å². The summed E-state index contributed by atoms with van der Waals surface area (Å²) < 4.78 is 0. The molecule has 2 aromatic carbocycles. The molecule has 0 spiro atoms. The first-order valence-corrected chi connectivity index (χ1v) is 30.1. The number of primary amides is 1. The Kier molecular flexibility index (Phi) is 25.7. The van der Waals surface area contributed by atoms with Gasteiger partial charge in [0.2, 0.25) is 53.2 Å². The minimum absolute atomic E-state index is 0.0186. The average Bonchev–Trinajstić information content (AvgIpc) is 3.53. The van der Waals surface area contributed by atoms with Crippen LogP contribution in [0.4, 0.5) is 0 Å². The van der Waals surface area contributed by atoms with E-state index in [1.807, 2.05) is 0 Å². The minimum Gasteiger partial charge on any atom is -0.508 e. The summed E-state index contributed by atoms with van der Waals surface area (Å²) >= 11 is 0. The average molecular weight is 1140 g/mol. The molecule has 22 heteroatoms. The maximum atomic E-state index is 14.7. The minimum atomic E-state index is -1.14. The lowest BCUT2D eigenvalue weighted by Crippen LogP contribution is -2.59. The smallest absolute Gasteiger partial charge is 0.243 e. The predicted molar refractivity (Wildman–Crippen MR) is 308 cm³/mol. The van der Waals surface area contributed by atoms with E-state index in [-0.39, 0.29) is 48.6 Å². The molecular formula is C60H91N11O11. The second kappa shape index (κ2) is 32.7. The van der Waals surface area contributed by atoms with Crippen LogP contribution in [0.5, 0.6) is 11.5 Å². The molecule has 452 valence electrons. The number of hydrogen-bond acceptors (Lipinski definition) is 13. The van der Waals surface area contributed by atoms with Gasteiger partial charge in [-0.15, -0.1) is 0 Å². The van der Waals surface area contributed by atoms with E-state index >= 15 is 0 Å². The van der Waals surface area contributed by atoms with Gasteiger partial charge in [-0.2, -0.15) is 0 Å². The highest BCUT2D eigenvalue weighted by molar-refractivity contribution is 5.93. The summed E-state index contributed by atoms with van der Waals surface area (Å²) in [6, 6.07) is 6.19. The fourth-order valence-corrected chi connectivity index (χ4v) is 12.4. The van der Waals surface area contributed by atoms with Gasteiger partial charge in [-0.05, 0) is 138 Å². The third kappa shape index (κ3) is 19.7. The summed E-state index contributed by atoms with van der Waals surface area (Å²) in [4.78, 5) is 125. The quantitative estimate of drug-likeness (QED) is 0.0545. The van der Waals surface area contributed by atoms with Crippen LogP contribution in [0.1, 0.15) is 159 Å². The highest BCUT2D eigenvalue weighted by Gasteiger charge is 2.41. The van der Waals surface area contributed by atoms with E-state index in [2.05, 4.69) is 42.5 Å². The number of aromatic hydroxyl groups is 2. The van der Waals surface area contributed by atoms with Crippen molar-refractivity contribution in [2.75, 3.05) is 13.1 Å². The van der Waals surface area contributed by atoms with Gasteiger partial charge < -0.3 is 69.9 Å². The van der Waals surface area contributed by atoms with Gasteiger partial charge in [-0.25, -0.2) is 0 Å². The number of amides is 9. The maximum absolute atomic E-state index is 14.7. The second-order valence-corrected chi connectivity index (χ2v) is 23.2. The molecule has 4 saturated carbocycles. The zero-order chi connectivity index (χ0) is 59.1. The Morgan fingerprint density at radius 1 is 0.427 bits per heavy atom. The summed E-state index contributed by atoms with van der Waals surface area (Å²) in [5, 5.41) is 43.8. The number of benzene rings is 2. The maximum Gasteiger partial charge on any atom is 0.243 e. The topological polar surface area (TPSA) is 368 Å². The van der Waals surface area contributed by atoms with Crippen LogP contribution in [0, 0.1) is 23.7 Å². The second-order valence-electron chi connectivity index (χ2n) is 23.2. The van der Waals surface area contributed by atoms with Crippen LogP contribution in [0.2, 0.25) is 0 Å². The third-order valence-electron chi connectivity index (χ3n) is 17.0. The van der Waals surface area contributed by atoms with Gasteiger partial charge in [-0.1, -0.05) is 75.6 Å². The van der Waals surface area contributed by atoms with Gasteiger partial charge in [0.05, 0.1) is 23.7 Å². The lowest BCUT2D eigenvalue weighted by atomic mass is 9.82. The normalized spacial score (nSPS) is 24.1. The Morgan fingerprint density at radius 2 is 0.720 bits per heavy atom. The molecule has 0 radical (unpaired) electrons.